The smallest absolute Gasteiger partial charge is 0.302 e. The first-order chi connectivity index (χ1) is 7.15. The molecule has 2 rings (SSSR count). The third kappa shape index (κ3) is 2.49. The van der Waals surface area contributed by atoms with Gasteiger partial charge in [-0.3, -0.25) is 9.59 Å². The molecule has 1 N–H and O–H groups in total. The van der Waals surface area contributed by atoms with Crippen molar-refractivity contribution in [1.82, 2.24) is 5.32 Å². The number of nitrogens with one attached hydrogen (secondary N) is 1. The molecule has 3 atom stereocenters. The lowest BCUT2D eigenvalue weighted by Gasteiger charge is -2.38. The maximum atomic E-state index is 11.2. The van der Waals surface area contributed by atoms with Crippen LogP contribution < -0.4 is 5.32 Å². The van der Waals surface area contributed by atoms with E-state index in [1.165, 1.54) is 6.92 Å². The van der Waals surface area contributed by atoms with Gasteiger partial charge < -0.3 is 10.1 Å². The lowest BCUT2D eigenvalue weighted by Crippen LogP contribution is -2.49. The van der Waals surface area contributed by atoms with Gasteiger partial charge in [0.2, 0.25) is 5.91 Å². The summed E-state index contributed by atoms with van der Waals surface area (Å²) >= 11 is 0. The Kier molecular flexibility index (Phi) is 2.93. The van der Waals surface area contributed by atoms with Crippen LogP contribution in [0.2, 0.25) is 0 Å². The van der Waals surface area contributed by atoms with Gasteiger partial charge in [0.25, 0.3) is 0 Å². The molecule has 1 aliphatic carbocycles. The summed E-state index contributed by atoms with van der Waals surface area (Å²) < 4.78 is 5.19. The van der Waals surface area contributed by atoms with E-state index < -0.39 is 0 Å². The minimum absolute atomic E-state index is 0.00199. The zero-order valence-electron chi connectivity index (χ0n) is 8.99. The first-order valence-corrected chi connectivity index (χ1v) is 5.61. The van der Waals surface area contributed by atoms with Gasteiger partial charge in [-0.1, -0.05) is 0 Å². The van der Waals surface area contributed by atoms with Crippen LogP contribution in [-0.4, -0.2) is 24.0 Å². The summed E-state index contributed by atoms with van der Waals surface area (Å²) in [7, 11) is 0. The molecule has 0 bridgehead atoms. The highest BCUT2D eigenvalue weighted by molar-refractivity contribution is 5.77. The molecule has 0 radical (unpaired) electrons. The predicted octanol–water partition coefficient (Wildman–Crippen LogP) is 0.997. The highest BCUT2D eigenvalue weighted by atomic mass is 16.5. The number of piperidine rings is 1. The quantitative estimate of drug-likeness (QED) is 0.658. The fraction of sp³-hybridized carbons (Fsp3) is 0.818. The lowest BCUT2D eigenvalue weighted by molar-refractivity contribution is -0.149. The van der Waals surface area contributed by atoms with E-state index in [1.807, 2.05) is 0 Å². The molecule has 4 nitrogen and oxygen atoms in total. The monoisotopic (exact) mass is 211 g/mol. The third-order valence-corrected chi connectivity index (χ3v) is 3.37. The molecule has 1 unspecified atom stereocenters. The second-order valence-electron chi connectivity index (χ2n) is 4.52. The van der Waals surface area contributed by atoms with E-state index in [2.05, 4.69) is 5.32 Å². The minimum atomic E-state index is -0.222. The molecule has 0 aromatic carbocycles. The van der Waals surface area contributed by atoms with Crippen LogP contribution in [0.25, 0.3) is 0 Å². The molecule has 1 amide bonds. The standard InChI is InChI=1S/C11H17NO3/c1-7(13)15-9-4-2-8-3-5-11(14)12-10(8)6-9/h8-10H,2-6H2,1H3,(H,12,14)/t8-,9?,10+/m1/s1. The average Bonchev–Trinajstić information content (AvgIpc) is 2.16. The first-order valence-electron chi connectivity index (χ1n) is 5.61. The van der Waals surface area contributed by atoms with E-state index in [-0.39, 0.29) is 24.0 Å². The molecule has 1 saturated heterocycles. The van der Waals surface area contributed by atoms with Gasteiger partial charge in [0.15, 0.2) is 0 Å². The Hall–Kier alpha value is -1.06. The normalized spacial score (nSPS) is 35.3. The van der Waals surface area contributed by atoms with Crippen LogP contribution in [0.1, 0.15) is 39.0 Å². The maximum Gasteiger partial charge on any atom is 0.302 e. The van der Waals surface area contributed by atoms with Crippen molar-refractivity contribution in [3.05, 3.63) is 0 Å². The van der Waals surface area contributed by atoms with E-state index in [9.17, 15) is 9.59 Å². The number of rotatable bonds is 1. The van der Waals surface area contributed by atoms with Crippen LogP contribution in [0, 0.1) is 5.92 Å². The van der Waals surface area contributed by atoms with Crippen LogP contribution >= 0.6 is 0 Å². The summed E-state index contributed by atoms with van der Waals surface area (Å²) in [4.78, 5) is 22.1. The van der Waals surface area contributed by atoms with Gasteiger partial charge in [-0.15, -0.1) is 0 Å². The second-order valence-corrected chi connectivity index (χ2v) is 4.52. The number of carbonyl (C=O) groups is 2. The number of hydrogen-bond donors (Lipinski definition) is 1. The molecule has 15 heavy (non-hydrogen) atoms. The molecule has 0 aromatic rings. The first kappa shape index (κ1) is 10.5. The number of carbonyl (C=O) groups excluding carboxylic acids is 2. The Balaban J connectivity index is 1.91. The van der Waals surface area contributed by atoms with Crippen LogP contribution in [-0.2, 0) is 14.3 Å². The molecular weight excluding hydrogens is 194 g/mol. The van der Waals surface area contributed by atoms with Crippen LogP contribution in [0.15, 0.2) is 0 Å². The van der Waals surface area contributed by atoms with Gasteiger partial charge in [-0.25, -0.2) is 0 Å². The van der Waals surface area contributed by atoms with Crippen molar-refractivity contribution in [2.75, 3.05) is 0 Å². The molecule has 0 spiro atoms. The summed E-state index contributed by atoms with van der Waals surface area (Å²) in [5.74, 6) is 0.509. The highest BCUT2D eigenvalue weighted by Crippen LogP contribution is 2.32. The summed E-state index contributed by atoms with van der Waals surface area (Å²) in [5.41, 5.74) is 0. The lowest BCUT2D eigenvalue weighted by atomic mass is 9.78. The van der Waals surface area contributed by atoms with Crippen LogP contribution in [0.5, 0.6) is 0 Å². The molecule has 0 aromatic heterocycles. The fourth-order valence-electron chi connectivity index (χ4n) is 2.65. The molecule has 2 aliphatic rings. The van der Waals surface area contributed by atoms with Gasteiger partial charge >= 0.3 is 5.97 Å². The van der Waals surface area contributed by atoms with Gasteiger partial charge in [0.05, 0.1) is 0 Å². The summed E-state index contributed by atoms with van der Waals surface area (Å²) in [6.07, 6.45) is 4.43. The van der Waals surface area contributed by atoms with Gasteiger partial charge in [0.1, 0.15) is 6.10 Å². The Labute approximate surface area is 89.4 Å². The fourth-order valence-corrected chi connectivity index (χ4v) is 2.65. The van der Waals surface area contributed by atoms with E-state index >= 15 is 0 Å². The van der Waals surface area contributed by atoms with Crippen LogP contribution in [0.3, 0.4) is 0 Å². The number of amides is 1. The van der Waals surface area contributed by atoms with Crippen molar-refractivity contribution >= 4 is 11.9 Å². The Morgan fingerprint density at radius 1 is 1.40 bits per heavy atom. The molecule has 4 heteroatoms. The molecule has 1 heterocycles. The Bertz CT molecular complexity index is 277. The largest absolute Gasteiger partial charge is 0.462 e. The molecular formula is C11H17NO3. The van der Waals surface area contributed by atoms with E-state index in [1.54, 1.807) is 0 Å². The zero-order chi connectivity index (χ0) is 10.8. The highest BCUT2D eigenvalue weighted by Gasteiger charge is 2.35. The van der Waals surface area contributed by atoms with E-state index in [4.69, 9.17) is 4.74 Å². The second kappa shape index (κ2) is 4.21. The van der Waals surface area contributed by atoms with Crippen molar-refractivity contribution < 1.29 is 14.3 Å². The summed E-state index contributed by atoms with van der Waals surface area (Å²) in [6.45, 7) is 1.44. The predicted molar refractivity (Wildman–Crippen MR) is 54.1 cm³/mol. The van der Waals surface area contributed by atoms with Crippen molar-refractivity contribution in [3.63, 3.8) is 0 Å². The Morgan fingerprint density at radius 3 is 2.93 bits per heavy atom. The maximum absolute atomic E-state index is 11.2. The molecule has 1 saturated carbocycles. The molecule has 84 valence electrons. The van der Waals surface area contributed by atoms with Crippen molar-refractivity contribution in [2.24, 2.45) is 5.92 Å². The van der Waals surface area contributed by atoms with Gasteiger partial charge in [-0.2, -0.15) is 0 Å². The van der Waals surface area contributed by atoms with Crippen molar-refractivity contribution in [2.45, 2.75) is 51.2 Å². The van der Waals surface area contributed by atoms with Crippen molar-refractivity contribution in [3.8, 4) is 0 Å². The summed E-state index contributed by atoms with van der Waals surface area (Å²) in [5, 5.41) is 2.99. The SMILES string of the molecule is CC(=O)OC1CC[C@@H]2CCC(=O)N[C@H]2C1. The minimum Gasteiger partial charge on any atom is -0.462 e. The number of fused-ring (bicyclic) bond motifs is 1. The van der Waals surface area contributed by atoms with Crippen LogP contribution in [0.4, 0.5) is 0 Å². The van der Waals surface area contributed by atoms with Gasteiger partial charge in [0, 0.05) is 25.8 Å². The average molecular weight is 211 g/mol. The van der Waals surface area contributed by atoms with Gasteiger partial charge in [-0.05, 0) is 25.2 Å². The zero-order valence-corrected chi connectivity index (χ0v) is 8.99. The van der Waals surface area contributed by atoms with Crippen molar-refractivity contribution in [1.29, 1.82) is 0 Å². The number of ether oxygens (including phenoxy) is 1. The topological polar surface area (TPSA) is 55.4 Å². The molecule has 2 fully saturated rings. The number of hydrogen-bond acceptors (Lipinski definition) is 3. The number of esters is 1. The third-order valence-electron chi connectivity index (χ3n) is 3.37. The van der Waals surface area contributed by atoms with E-state index in [0.29, 0.717) is 12.3 Å². The Morgan fingerprint density at radius 2 is 2.20 bits per heavy atom. The molecule has 1 aliphatic heterocycles. The summed E-state index contributed by atoms with van der Waals surface area (Å²) in [6, 6.07) is 0.226. The van der Waals surface area contributed by atoms with E-state index in [0.717, 1.165) is 25.7 Å².